The van der Waals surface area contributed by atoms with E-state index >= 15 is 0 Å². The lowest BCUT2D eigenvalue weighted by atomic mass is 10.1. The number of hydrogen-bond acceptors (Lipinski definition) is 2. The Kier molecular flexibility index (Phi) is 2.83. The van der Waals surface area contributed by atoms with Gasteiger partial charge in [-0.05, 0) is 30.7 Å². The van der Waals surface area contributed by atoms with E-state index in [0.717, 1.165) is 16.6 Å². The van der Waals surface area contributed by atoms with Crippen molar-refractivity contribution in [1.82, 2.24) is 4.98 Å². The highest BCUT2D eigenvalue weighted by molar-refractivity contribution is 6.40. The molecule has 15 heavy (non-hydrogen) atoms. The van der Waals surface area contributed by atoms with Crippen molar-refractivity contribution in [3.8, 4) is 0 Å². The van der Waals surface area contributed by atoms with Gasteiger partial charge < -0.3 is 5.11 Å². The maximum atomic E-state index is 9.25. The van der Waals surface area contributed by atoms with Gasteiger partial charge in [0.05, 0.1) is 22.2 Å². The van der Waals surface area contributed by atoms with Crippen LogP contribution in [0.2, 0.25) is 10.0 Å². The third kappa shape index (κ3) is 1.81. The molecule has 0 aliphatic rings. The SMILES string of the molecule is Cc1cc(CO)c2c(Cl)ccc(Cl)c2n1. The number of hydrogen-bond donors (Lipinski definition) is 1. The van der Waals surface area contributed by atoms with Gasteiger partial charge in [0.25, 0.3) is 0 Å². The van der Waals surface area contributed by atoms with Crippen LogP contribution in [0, 0.1) is 6.92 Å². The Hall–Kier alpha value is -0.830. The lowest BCUT2D eigenvalue weighted by Gasteiger charge is -2.08. The van der Waals surface area contributed by atoms with E-state index in [0.29, 0.717) is 15.6 Å². The quantitative estimate of drug-likeness (QED) is 0.831. The molecule has 0 amide bonds. The van der Waals surface area contributed by atoms with Crippen molar-refractivity contribution in [1.29, 1.82) is 0 Å². The Morgan fingerprint density at radius 2 is 1.93 bits per heavy atom. The Morgan fingerprint density at radius 3 is 2.60 bits per heavy atom. The van der Waals surface area contributed by atoms with Crippen LogP contribution in [-0.2, 0) is 6.61 Å². The highest BCUT2D eigenvalue weighted by Crippen LogP contribution is 2.31. The molecule has 0 aliphatic heterocycles. The van der Waals surface area contributed by atoms with Crippen molar-refractivity contribution >= 4 is 34.1 Å². The largest absolute Gasteiger partial charge is 0.392 e. The maximum Gasteiger partial charge on any atom is 0.0909 e. The van der Waals surface area contributed by atoms with Gasteiger partial charge in [0.1, 0.15) is 0 Å². The molecule has 2 rings (SSSR count). The number of nitrogens with zero attached hydrogens (tertiary/aromatic N) is 1. The Bertz CT molecular complexity index is 525. The first-order chi connectivity index (χ1) is 7.13. The van der Waals surface area contributed by atoms with Crippen LogP contribution < -0.4 is 0 Å². The zero-order chi connectivity index (χ0) is 11.0. The summed E-state index contributed by atoms with van der Waals surface area (Å²) in [6.07, 6.45) is 0. The molecule has 2 aromatic rings. The van der Waals surface area contributed by atoms with Gasteiger partial charge in [-0.15, -0.1) is 0 Å². The zero-order valence-corrected chi connectivity index (χ0v) is 9.60. The third-order valence-corrected chi connectivity index (χ3v) is 2.86. The van der Waals surface area contributed by atoms with E-state index in [-0.39, 0.29) is 6.61 Å². The molecular formula is C11H9Cl2NO. The summed E-state index contributed by atoms with van der Waals surface area (Å²) in [5.41, 5.74) is 2.22. The molecule has 0 atom stereocenters. The van der Waals surface area contributed by atoms with Crippen LogP contribution in [0.1, 0.15) is 11.3 Å². The van der Waals surface area contributed by atoms with E-state index in [1.54, 1.807) is 12.1 Å². The molecule has 78 valence electrons. The van der Waals surface area contributed by atoms with Gasteiger partial charge in [0, 0.05) is 11.1 Å². The lowest BCUT2D eigenvalue weighted by molar-refractivity contribution is 0.283. The summed E-state index contributed by atoms with van der Waals surface area (Å²) in [5, 5.41) is 11.1. The van der Waals surface area contributed by atoms with E-state index in [9.17, 15) is 5.11 Å². The van der Waals surface area contributed by atoms with Crippen molar-refractivity contribution in [2.24, 2.45) is 0 Å². The molecule has 0 aliphatic carbocycles. The summed E-state index contributed by atoms with van der Waals surface area (Å²) >= 11 is 12.1. The molecular weight excluding hydrogens is 233 g/mol. The molecule has 2 nitrogen and oxygen atoms in total. The fourth-order valence-corrected chi connectivity index (χ4v) is 2.09. The van der Waals surface area contributed by atoms with Crippen molar-refractivity contribution in [2.75, 3.05) is 0 Å². The molecule has 0 bridgehead atoms. The van der Waals surface area contributed by atoms with Crippen LogP contribution in [0.25, 0.3) is 10.9 Å². The average molecular weight is 242 g/mol. The molecule has 0 saturated carbocycles. The summed E-state index contributed by atoms with van der Waals surface area (Å²) in [7, 11) is 0. The van der Waals surface area contributed by atoms with Gasteiger partial charge in [-0.25, -0.2) is 0 Å². The fourth-order valence-electron chi connectivity index (χ4n) is 1.61. The number of pyridine rings is 1. The van der Waals surface area contributed by atoms with Crippen molar-refractivity contribution in [2.45, 2.75) is 13.5 Å². The first-order valence-electron chi connectivity index (χ1n) is 4.48. The van der Waals surface area contributed by atoms with E-state index in [2.05, 4.69) is 4.98 Å². The monoisotopic (exact) mass is 241 g/mol. The van der Waals surface area contributed by atoms with Crippen molar-refractivity contribution < 1.29 is 5.11 Å². The zero-order valence-electron chi connectivity index (χ0n) is 8.09. The first-order valence-corrected chi connectivity index (χ1v) is 5.24. The van der Waals surface area contributed by atoms with Crippen LogP contribution in [0.5, 0.6) is 0 Å². The highest BCUT2D eigenvalue weighted by Gasteiger charge is 2.09. The lowest BCUT2D eigenvalue weighted by Crippen LogP contribution is -1.93. The molecule has 1 aromatic heterocycles. The second-order valence-corrected chi connectivity index (χ2v) is 4.15. The molecule has 0 unspecified atom stereocenters. The Labute approximate surface area is 97.5 Å². The van der Waals surface area contributed by atoms with Crippen molar-refractivity contribution in [3.63, 3.8) is 0 Å². The Balaban J connectivity index is 2.95. The van der Waals surface area contributed by atoms with E-state index in [1.165, 1.54) is 0 Å². The minimum Gasteiger partial charge on any atom is -0.392 e. The maximum absolute atomic E-state index is 9.25. The van der Waals surface area contributed by atoms with Gasteiger partial charge in [0.2, 0.25) is 0 Å². The molecule has 4 heteroatoms. The summed E-state index contributed by atoms with van der Waals surface area (Å²) < 4.78 is 0. The number of fused-ring (bicyclic) bond motifs is 1. The highest BCUT2D eigenvalue weighted by atomic mass is 35.5. The van der Waals surface area contributed by atoms with Crippen LogP contribution >= 0.6 is 23.2 Å². The van der Waals surface area contributed by atoms with E-state index in [1.807, 2.05) is 13.0 Å². The molecule has 1 aromatic carbocycles. The number of halogens is 2. The second-order valence-electron chi connectivity index (χ2n) is 3.33. The van der Waals surface area contributed by atoms with Gasteiger partial charge in [-0.1, -0.05) is 23.2 Å². The molecule has 0 radical (unpaired) electrons. The topological polar surface area (TPSA) is 33.1 Å². The van der Waals surface area contributed by atoms with Gasteiger partial charge in [0.15, 0.2) is 0 Å². The van der Waals surface area contributed by atoms with Crippen LogP contribution in [0.3, 0.4) is 0 Å². The smallest absolute Gasteiger partial charge is 0.0909 e. The Morgan fingerprint density at radius 1 is 1.27 bits per heavy atom. The number of aromatic nitrogens is 1. The number of aliphatic hydroxyl groups excluding tert-OH is 1. The number of benzene rings is 1. The molecule has 1 N–H and O–H groups in total. The average Bonchev–Trinajstić information content (AvgIpc) is 2.22. The van der Waals surface area contributed by atoms with E-state index in [4.69, 9.17) is 23.2 Å². The molecule has 0 fully saturated rings. The standard InChI is InChI=1S/C11H9Cl2NO/c1-6-4-7(5-15)10-8(12)2-3-9(13)11(10)14-6/h2-4,15H,5H2,1H3. The summed E-state index contributed by atoms with van der Waals surface area (Å²) in [6.45, 7) is 1.79. The minimum absolute atomic E-state index is 0.0695. The van der Waals surface area contributed by atoms with Crippen LogP contribution in [0.15, 0.2) is 18.2 Å². The first kappa shape index (κ1) is 10.7. The molecule has 0 saturated heterocycles. The number of rotatable bonds is 1. The second kappa shape index (κ2) is 3.97. The van der Waals surface area contributed by atoms with Gasteiger partial charge in [-0.3, -0.25) is 4.98 Å². The van der Waals surface area contributed by atoms with Crippen LogP contribution in [0.4, 0.5) is 0 Å². The predicted molar refractivity (Wildman–Crippen MR) is 62.4 cm³/mol. The fraction of sp³-hybridized carbons (Fsp3) is 0.182. The molecule has 1 heterocycles. The number of aliphatic hydroxyl groups is 1. The number of aryl methyl sites for hydroxylation is 1. The summed E-state index contributed by atoms with van der Waals surface area (Å²) in [5.74, 6) is 0. The van der Waals surface area contributed by atoms with Gasteiger partial charge >= 0.3 is 0 Å². The van der Waals surface area contributed by atoms with E-state index < -0.39 is 0 Å². The van der Waals surface area contributed by atoms with Crippen molar-refractivity contribution in [3.05, 3.63) is 39.5 Å². The summed E-state index contributed by atoms with van der Waals surface area (Å²) in [6, 6.07) is 5.23. The minimum atomic E-state index is -0.0695. The third-order valence-electron chi connectivity index (χ3n) is 2.24. The normalized spacial score (nSPS) is 10.9. The summed E-state index contributed by atoms with van der Waals surface area (Å²) in [4.78, 5) is 4.32. The van der Waals surface area contributed by atoms with Crippen LogP contribution in [-0.4, -0.2) is 10.1 Å². The predicted octanol–water partition coefficient (Wildman–Crippen LogP) is 3.34. The van der Waals surface area contributed by atoms with Gasteiger partial charge in [-0.2, -0.15) is 0 Å². The molecule has 0 spiro atoms.